The molecular weight excluding hydrogens is 354 g/mol. The van der Waals surface area contributed by atoms with Crippen molar-refractivity contribution in [3.63, 3.8) is 0 Å². The van der Waals surface area contributed by atoms with Crippen molar-refractivity contribution in [3.8, 4) is 11.5 Å². The van der Waals surface area contributed by atoms with Gasteiger partial charge in [0.2, 0.25) is 0 Å². The lowest BCUT2D eigenvalue weighted by atomic mass is 10.2. The molecule has 132 valence electrons. The average Bonchev–Trinajstić information content (AvgIpc) is 2.93. The maximum atomic E-state index is 11.9. The number of thioether (sulfide) groups is 1. The molecule has 2 amide bonds. The summed E-state index contributed by atoms with van der Waals surface area (Å²) in [5, 5.41) is 21.8. The van der Waals surface area contributed by atoms with Gasteiger partial charge in [-0.05, 0) is 59.8 Å². The summed E-state index contributed by atoms with van der Waals surface area (Å²) in [7, 11) is 0. The summed E-state index contributed by atoms with van der Waals surface area (Å²) in [6.45, 7) is -0.180. The molecule has 7 nitrogen and oxygen atoms in total. The van der Waals surface area contributed by atoms with Gasteiger partial charge < -0.3 is 20.5 Å². The van der Waals surface area contributed by atoms with E-state index in [4.69, 9.17) is 10.1 Å². The van der Waals surface area contributed by atoms with Gasteiger partial charge in [0.05, 0.1) is 4.91 Å². The topological polar surface area (TPSA) is 112 Å². The number of aromatic hydroxyl groups is 1. The van der Waals surface area contributed by atoms with Crippen molar-refractivity contribution >= 4 is 40.5 Å². The maximum Gasteiger partial charge on any atom is 0.264 e. The zero-order chi connectivity index (χ0) is 18.5. The van der Waals surface area contributed by atoms with Crippen LogP contribution in [0.1, 0.15) is 5.56 Å². The van der Waals surface area contributed by atoms with Crippen molar-refractivity contribution in [2.24, 2.45) is 0 Å². The quantitative estimate of drug-likeness (QED) is 0.478. The third-order valence-electron chi connectivity index (χ3n) is 3.34. The number of amides is 2. The molecule has 0 unspecified atom stereocenters. The van der Waals surface area contributed by atoms with Gasteiger partial charge in [0.25, 0.3) is 11.8 Å². The monoisotopic (exact) mass is 369 g/mol. The molecule has 2 aromatic carbocycles. The third-order valence-corrected chi connectivity index (χ3v) is 4.17. The van der Waals surface area contributed by atoms with Gasteiger partial charge in [-0.3, -0.25) is 15.0 Å². The molecule has 8 heteroatoms. The van der Waals surface area contributed by atoms with E-state index in [9.17, 15) is 14.7 Å². The Kier molecular flexibility index (Phi) is 5.23. The van der Waals surface area contributed by atoms with Crippen molar-refractivity contribution in [3.05, 3.63) is 59.0 Å². The number of rotatable bonds is 5. The Morgan fingerprint density at radius 3 is 2.73 bits per heavy atom. The largest absolute Gasteiger partial charge is 0.508 e. The maximum absolute atomic E-state index is 11.9. The fraction of sp³-hybridized carbons (Fsp3) is 0.0556. The van der Waals surface area contributed by atoms with Crippen molar-refractivity contribution in [1.82, 2.24) is 5.32 Å². The predicted octanol–water partition coefficient (Wildman–Crippen LogP) is 2.55. The molecule has 26 heavy (non-hydrogen) atoms. The number of amidine groups is 1. The van der Waals surface area contributed by atoms with Crippen molar-refractivity contribution in [1.29, 1.82) is 5.41 Å². The number of phenolic OH excluding ortho intramolecular Hbond substituents is 1. The molecule has 1 aliphatic rings. The summed E-state index contributed by atoms with van der Waals surface area (Å²) >= 11 is 1.06. The predicted molar refractivity (Wildman–Crippen MR) is 100 cm³/mol. The van der Waals surface area contributed by atoms with Crippen molar-refractivity contribution in [2.45, 2.75) is 0 Å². The van der Waals surface area contributed by atoms with Crippen LogP contribution in [0.3, 0.4) is 0 Å². The Balaban J connectivity index is 1.59. The van der Waals surface area contributed by atoms with E-state index in [1.165, 1.54) is 12.1 Å². The lowest BCUT2D eigenvalue weighted by Crippen LogP contribution is -2.20. The fourth-order valence-corrected chi connectivity index (χ4v) is 2.88. The molecule has 1 saturated heterocycles. The highest BCUT2D eigenvalue weighted by atomic mass is 32.2. The first kappa shape index (κ1) is 17.6. The van der Waals surface area contributed by atoms with Gasteiger partial charge in [-0.2, -0.15) is 0 Å². The minimum atomic E-state index is -0.335. The van der Waals surface area contributed by atoms with Crippen LogP contribution in [-0.2, 0) is 9.59 Å². The molecule has 1 fully saturated rings. The molecular formula is C18H15N3O4S. The molecule has 0 spiro atoms. The summed E-state index contributed by atoms with van der Waals surface area (Å²) in [4.78, 5) is 24.0. The third kappa shape index (κ3) is 4.64. The molecule has 3 rings (SSSR count). The molecule has 0 atom stereocenters. The average molecular weight is 369 g/mol. The molecule has 1 aliphatic heterocycles. The molecule has 0 bridgehead atoms. The first-order valence-electron chi connectivity index (χ1n) is 7.61. The summed E-state index contributed by atoms with van der Waals surface area (Å²) in [6, 6.07) is 13.1. The van der Waals surface area contributed by atoms with Crippen LogP contribution in [0.2, 0.25) is 0 Å². The Morgan fingerprint density at radius 1 is 1.27 bits per heavy atom. The fourth-order valence-electron chi connectivity index (χ4n) is 2.18. The number of anilines is 1. The lowest BCUT2D eigenvalue weighted by Gasteiger charge is -2.08. The molecule has 0 aliphatic carbocycles. The van der Waals surface area contributed by atoms with Gasteiger partial charge in [-0.25, -0.2) is 0 Å². The highest BCUT2D eigenvalue weighted by molar-refractivity contribution is 8.18. The number of ether oxygens (including phenoxy) is 1. The van der Waals surface area contributed by atoms with E-state index in [-0.39, 0.29) is 29.3 Å². The number of carbonyl (C=O) groups is 2. The highest BCUT2D eigenvalue weighted by Crippen LogP contribution is 2.26. The highest BCUT2D eigenvalue weighted by Gasteiger charge is 2.22. The standard InChI is InChI=1S/C18H15N3O4S/c19-18-21-17(24)15(26-18)9-11-2-1-3-14(8-11)25-10-16(23)20-12-4-6-13(22)7-5-12/h1-9,22H,10H2,(H,20,23)(H2,19,21,24)/b15-9-. The van der Waals surface area contributed by atoms with E-state index >= 15 is 0 Å². The Labute approximate surface area is 153 Å². The number of nitrogens with one attached hydrogen (secondary N) is 3. The minimum absolute atomic E-state index is 0.0968. The van der Waals surface area contributed by atoms with Crippen LogP contribution in [0.25, 0.3) is 6.08 Å². The van der Waals surface area contributed by atoms with E-state index in [1.807, 2.05) is 0 Å². The number of carbonyl (C=O) groups excluding carboxylic acids is 2. The van der Waals surface area contributed by atoms with E-state index in [0.717, 1.165) is 17.3 Å². The van der Waals surface area contributed by atoms with Crippen LogP contribution < -0.4 is 15.4 Å². The zero-order valence-corrected chi connectivity index (χ0v) is 14.3. The number of phenols is 1. The van der Waals surface area contributed by atoms with Crippen LogP contribution >= 0.6 is 11.8 Å². The summed E-state index contributed by atoms with van der Waals surface area (Å²) in [5.74, 6) is -0.0358. The minimum Gasteiger partial charge on any atom is -0.508 e. The first-order valence-corrected chi connectivity index (χ1v) is 8.42. The Bertz CT molecular complexity index is 894. The lowest BCUT2D eigenvalue weighted by molar-refractivity contribution is -0.118. The van der Waals surface area contributed by atoms with Crippen LogP contribution in [-0.4, -0.2) is 28.7 Å². The summed E-state index contributed by atoms with van der Waals surface area (Å²) < 4.78 is 5.48. The molecule has 0 saturated carbocycles. The number of benzene rings is 2. The van der Waals surface area contributed by atoms with Crippen molar-refractivity contribution < 1.29 is 19.4 Å². The SMILES string of the molecule is N=C1NC(=O)/C(=C/c2cccc(OCC(=O)Nc3ccc(O)cc3)c2)S1. The summed E-state index contributed by atoms with van der Waals surface area (Å²) in [6.07, 6.45) is 1.66. The van der Waals surface area contributed by atoms with Crippen LogP contribution in [0.15, 0.2) is 53.4 Å². The van der Waals surface area contributed by atoms with Crippen LogP contribution in [0.5, 0.6) is 11.5 Å². The second-order valence-electron chi connectivity index (χ2n) is 5.35. The Hall–Kier alpha value is -3.26. The number of hydrogen-bond donors (Lipinski definition) is 4. The van der Waals surface area contributed by atoms with E-state index < -0.39 is 0 Å². The van der Waals surface area contributed by atoms with Gasteiger partial charge in [-0.1, -0.05) is 12.1 Å². The van der Waals surface area contributed by atoms with Gasteiger partial charge in [0, 0.05) is 5.69 Å². The van der Waals surface area contributed by atoms with Crippen molar-refractivity contribution in [2.75, 3.05) is 11.9 Å². The molecule has 0 aromatic heterocycles. The van der Waals surface area contributed by atoms with E-state index in [2.05, 4.69) is 10.6 Å². The second-order valence-corrected chi connectivity index (χ2v) is 6.40. The molecule has 0 radical (unpaired) electrons. The number of hydrogen-bond acceptors (Lipinski definition) is 6. The summed E-state index contributed by atoms with van der Waals surface area (Å²) in [5.41, 5.74) is 1.29. The van der Waals surface area contributed by atoms with Crippen LogP contribution in [0, 0.1) is 5.41 Å². The van der Waals surface area contributed by atoms with Gasteiger partial charge in [0.15, 0.2) is 11.8 Å². The normalized spacial score (nSPS) is 15.0. The molecule has 4 N–H and O–H groups in total. The van der Waals surface area contributed by atoms with E-state index in [1.54, 1.807) is 42.5 Å². The smallest absolute Gasteiger partial charge is 0.264 e. The molecule has 1 heterocycles. The zero-order valence-electron chi connectivity index (χ0n) is 13.5. The van der Waals surface area contributed by atoms with Gasteiger partial charge in [-0.15, -0.1) is 0 Å². The first-order chi connectivity index (χ1) is 12.5. The van der Waals surface area contributed by atoms with Crippen LogP contribution in [0.4, 0.5) is 5.69 Å². The van der Waals surface area contributed by atoms with Gasteiger partial charge >= 0.3 is 0 Å². The van der Waals surface area contributed by atoms with E-state index in [0.29, 0.717) is 16.3 Å². The van der Waals surface area contributed by atoms with Gasteiger partial charge in [0.1, 0.15) is 11.5 Å². The Morgan fingerprint density at radius 2 is 2.04 bits per heavy atom. The molecule has 2 aromatic rings. The second kappa shape index (κ2) is 7.75.